The second-order valence-corrected chi connectivity index (χ2v) is 5.07. The van der Waals surface area contributed by atoms with E-state index < -0.39 is 0 Å². The molecule has 0 radical (unpaired) electrons. The summed E-state index contributed by atoms with van der Waals surface area (Å²) in [4.78, 5) is 6.00. The van der Waals surface area contributed by atoms with Crippen molar-refractivity contribution in [1.82, 2.24) is 0 Å². The summed E-state index contributed by atoms with van der Waals surface area (Å²) in [7, 11) is 0. The third-order valence-electron chi connectivity index (χ3n) is 3.24. The number of hydrogen-bond acceptors (Lipinski definition) is 1. The van der Waals surface area contributed by atoms with E-state index in [0.717, 1.165) is 12.1 Å². The fourth-order valence-electron chi connectivity index (χ4n) is 2.44. The molecule has 19 heavy (non-hydrogen) atoms. The van der Waals surface area contributed by atoms with E-state index in [4.69, 9.17) is 4.84 Å². The maximum Gasteiger partial charge on any atom is 0.261 e. The second kappa shape index (κ2) is 4.88. The van der Waals surface area contributed by atoms with Crippen LogP contribution in [0.1, 0.15) is 25.0 Å². The van der Waals surface area contributed by atoms with E-state index in [1.165, 1.54) is 16.8 Å². The van der Waals surface area contributed by atoms with Crippen LogP contribution in [-0.4, -0.2) is 16.6 Å². The van der Waals surface area contributed by atoms with Gasteiger partial charge in [0.25, 0.3) is 5.69 Å². The third kappa shape index (κ3) is 2.26. The van der Waals surface area contributed by atoms with Crippen LogP contribution in [0.5, 0.6) is 0 Å². The van der Waals surface area contributed by atoms with Crippen molar-refractivity contribution >= 4 is 11.4 Å². The molecule has 1 heterocycles. The smallest absolute Gasteiger partial charge is 0.261 e. The molecule has 1 aliphatic heterocycles. The summed E-state index contributed by atoms with van der Waals surface area (Å²) in [5.41, 5.74) is 4.92. The number of nitrogens with zero attached hydrogens (tertiary/aromatic N) is 1. The van der Waals surface area contributed by atoms with E-state index in [1.54, 1.807) is 0 Å². The number of benzene rings is 2. The van der Waals surface area contributed by atoms with Gasteiger partial charge in [0.2, 0.25) is 5.71 Å². The Morgan fingerprint density at radius 2 is 1.63 bits per heavy atom. The molecule has 0 unspecified atom stereocenters. The lowest BCUT2D eigenvalue weighted by Gasteiger charge is -2.05. The van der Waals surface area contributed by atoms with Crippen molar-refractivity contribution in [2.45, 2.75) is 26.4 Å². The van der Waals surface area contributed by atoms with Gasteiger partial charge in [-0.2, -0.15) is 0 Å². The lowest BCUT2D eigenvalue weighted by molar-refractivity contribution is -0.736. The highest BCUT2D eigenvalue weighted by atomic mass is 16.7. The molecule has 0 aliphatic carbocycles. The van der Waals surface area contributed by atoms with Crippen molar-refractivity contribution in [3.8, 4) is 0 Å². The predicted molar refractivity (Wildman–Crippen MR) is 76.8 cm³/mol. The molecule has 96 valence electrons. The van der Waals surface area contributed by atoms with Gasteiger partial charge in [-0.05, 0) is 26.0 Å². The Labute approximate surface area is 113 Å². The van der Waals surface area contributed by atoms with E-state index in [1.807, 2.05) is 10.8 Å². The van der Waals surface area contributed by atoms with Gasteiger partial charge in [0.05, 0.1) is 6.42 Å². The molecule has 0 spiro atoms. The largest absolute Gasteiger partial charge is 0.268 e. The van der Waals surface area contributed by atoms with Gasteiger partial charge < -0.3 is 0 Å². The van der Waals surface area contributed by atoms with Crippen LogP contribution < -0.4 is 0 Å². The SMILES string of the molecule is CC(C)O[N+]1=C(c2ccccc2)Cc2ccccc21. The maximum atomic E-state index is 6.00. The zero-order valence-corrected chi connectivity index (χ0v) is 11.3. The average molecular weight is 252 g/mol. The Morgan fingerprint density at radius 3 is 2.37 bits per heavy atom. The van der Waals surface area contributed by atoms with Crippen LogP contribution in [0.3, 0.4) is 0 Å². The summed E-state index contributed by atoms with van der Waals surface area (Å²) in [5, 5.41) is 0. The fraction of sp³-hybridized carbons (Fsp3) is 0.235. The summed E-state index contributed by atoms with van der Waals surface area (Å²) in [6, 6.07) is 18.9. The lowest BCUT2D eigenvalue weighted by atomic mass is 10.0. The Bertz CT molecular complexity index is 614. The van der Waals surface area contributed by atoms with E-state index in [9.17, 15) is 0 Å². The number of hydrogen-bond donors (Lipinski definition) is 0. The number of para-hydroxylation sites is 1. The molecule has 2 aromatic carbocycles. The zero-order valence-electron chi connectivity index (χ0n) is 11.3. The Hall–Kier alpha value is -2.09. The highest BCUT2D eigenvalue weighted by Gasteiger charge is 2.33. The molecule has 0 fully saturated rings. The summed E-state index contributed by atoms with van der Waals surface area (Å²) in [5.74, 6) is 0. The highest BCUT2D eigenvalue weighted by molar-refractivity contribution is 6.00. The fourth-order valence-corrected chi connectivity index (χ4v) is 2.44. The molecule has 3 rings (SSSR count). The topological polar surface area (TPSA) is 12.2 Å². The lowest BCUT2D eigenvalue weighted by Crippen LogP contribution is -2.19. The van der Waals surface area contributed by atoms with Crippen LogP contribution in [-0.2, 0) is 11.3 Å². The highest BCUT2D eigenvalue weighted by Crippen LogP contribution is 2.29. The van der Waals surface area contributed by atoms with Crippen molar-refractivity contribution < 1.29 is 9.58 Å². The van der Waals surface area contributed by atoms with Crippen LogP contribution in [0.15, 0.2) is 54.6 Å². The Balaban J connectivity index is 2.10. The van der Waals surface area contributed by atoms with Crippen LogP contribution in [0.25, 0.3) is 0 Å². The molecule has 0 bridgehead atoms. The van der Waals surface area contributed by atoms with Gasteiger partial charge in [0.15, 0.2) is 6.10 Å². The first kappa shape index (κ1) is 12.0. The van der Waals surface area contributed by atoms with Crippen molar-refractivity contribution in [3.63, 3.8) is 0 Å². The van der Waals surface area contributed by atoms with Gasteiger partial charge >= 0.3 is 0 Å². The molecule has 0 amide bonds. The van der Waals surface area contributed by atoms with Crippen molar-refractivity contribution in [2.24, 2.45) is 0 Å². The summed E-state index contributed by atoms with van der Waals surface area (Å²) >= 11 is 0. The van der Waals surface area contributed by atoms with Gasteiger partial charge in [-0.25, -0.2) is 0 Å². The Kier molecular flexibility index (Phi) is 3.08. The van der Waals surface area contributed by atoms with Crippen LogP contribution in [0, 0.1) is 0 Å². The molecule has 1 aliphatic rings. The van der Waals surface area contributed by atoms with E-state index in [0.29, 0.717) is 0 Å². The number of fused-ring (bicyclic) bond motifs is 1. The van der Waals surface area contributed by atoms with Gasteiger partial charge in [-0.1, -0.05) is 36.4 Å². The molecule has 0 saturated carbocycles. The minimum Gasteiger partial charge on any atom is -0.268 e. The van der Waals surface area contributed by atoms with Gasteiger partial charge in [0, 0.05) is 21.9 Å². The van der Waals surface area contributed by atoms with Gasteiger partial charge in [-0.15, -0.1) is 0 Å². The van der Waals surface area contributed by atoms with E-state index >= 15 is 0 Å². The molecule has 0 atom stereocenters. The first-order chi connectivity index (χ1) is 9.25. The van der Waals surface area contributed by atoms with Crippen LogP contribution >= 0.6 is 0 Å². The van der Waals surface area contributed by atoms with Crippen LogP contribution in [0.4, 0.5) is 5.69 Å². The maximum absolute atomic E-state index is 6.00. The standard InChI is InChI=1S/C17H18NO/c1-13(2)19-18-16-11-7-6-10-15(16)12-17(18)14-8-4-3-5-9-14/h3-11,13H,12H2,1-2H3/q+1. The summed E-state index contributed by atoms with van der Waals surface area (Å²) < 4.78 is 2.00. The van der Waals surface area contributed by atoms with Crippen LogP contribution in [0.2, 0.25) is 0 Å². The molecule has 0 N–H and O–H groups in total. The molecule has 2 heteroatoms. The molecular formula is C17H18NO+. The quantitative estimate of drug-likeness (QED) is 0.758. The number of rotatable bonds is 3. The minimum atomic E-state index is 0.157. The molecule has 0 aromatic heterocycles. The van der Waals surface area contributed by atoms with E-state index in [-0.39, 0.29) is 6.10 Å². The average Bonchev–Trinajstić information content (AvgIpc) is 2.78. The third-order valence-corrected chi connectivity index (χ3v) is 3.24. The summed E-state index contributed by atoms with van der Waals surface area (Å²) in [6.07, 6.45) is 1.08. The van der Waals surface area contributed by atoms with Gasteiger partial charge in [0.1, 0.15) is 0 Å². The normalized spacial score (nSPS) is 13.8. The first-order valence-corrected chi connectivity index (χ1v) is 6.72. The molecule has 0 saturated heterocycles. The van der Waals surface area contributed by atoms with Crippen molar-refractivity contribution in [1.29, 1.82) is 0 Å². The Morgan fingerprint density at radius 1 is 0.947 bits per heavy atom. The molecule has 2 nitrogen and oxygen atoms in total. The zero-order chi connectivity index (χ0) is 13.2. The predicted octanol–water partition coefficient (Wildman–Crippen LogP) is 3.72. The molecular weight excluding hydrogens is 234 g/mol. The molecule has 2 aromatic rings. The van der Waals surface area contributed by atoms with Gasteiger partial charge in [-0.3, -0.25) is 4.84 Å². The van der Waals surface area contributed by atoms with Crippen molar-refractivity contribution in [2.75, 3.05) is 0 Å². The van der Waals surface area contributed by atoms with Crippen molar-refractivity contribution in [3.05, 3.63) is 65.7 Å². The minimum absolute atomic E-state index is 0.157. The summed E-state index contributed by atoms with van der Waals surface area (Å²) in [6.45, 7) is 4.12. The second-order valence-electron chi connectivity index (χ2n) is 5.07. The first-order valence-electron chi connectivity index (χ1n) is 6.72. The van der Waals surface area contributed by atoms with E-state index in [2.05, 4.69) is 62.4 Å². The monoisotopic (exact) mass is 252 g/mol.